The zero-order valence-corrected chi connectivity index (χ0v) is 13.6. The first-order valence-electron chi connectivity index (χ1n) is 8.04. The van der Waals surface area contributed by atoms with Crippen LogP contribution in [0.4, 0.5) is 0 Å². The van der Waals surface area contributed by atoms with Crippen LogP contribution in [0.25, 0.3) is 0 Å². The molecule has 1 aliphatic carbocycles. The molecule has 0 aromatic heterocycles. The van der Waals surface area contributed by atoms with Gasteiger partial charge in [-0.3, -0.25) is 0 Å². The Morgan fingerprint density at radius 3 is 2.45 bits per heavy atom. The summed E-state index contributed by atoms with van der Waals surface area (Å²) in [7, 11) is 0. The van der Waals surface area contributed by atoms with E-state index in [0.717, 1.165) is 18.7 Å². The van der Waals surface area contributed by atoms with E-state index in [9.17, 15) is 0 Å². The van der Waals surface area contributed by atoms with Gasteiger partial charge in [-0.2, -0.15) is 0 Å². The van der Waals surface area contributed by atoms with E-state index in [1.807, 2.05) is 0 Å². The molecule has 0 spiro atoms. The molecule has 2 heteroatoms. The van der Waals surface area contributed by atoms with Crippen molar-refractivity contribution in [1.82, 2.24) is 5.32 Å². The summed E-state index contributed by atoms with van der Waals surface area (Å²) in [4.78, 5) is 0. The molecule has 1 aliphatic rings. The lowest BCUT2D eigenvalue weighted by Crippen LogP contribution is -2.64. The Hall–Kier alpha value is -1.02. The summed E-state index contributed by atoms with van der Waals surface area (Å²) in [6, 6.07) is 7.08. The first-order valence-corrected chi connectivity index (χ1v) is 8.04. The third-order valence-electron chi connectivity index (χ3n) is 5.15. The van der Waals surface area contributed by atoms with Gasteiger partial charge in [0.05, 0.1) is 0 Å². The van der Waals surface area contributed by atoms with Crippen molar-refractivity contribution in [3.05, 3.63) is 29.3 Å². The Bertz CT molecular complexity index is 451. The minimum atomic E-state index is 0.299. The third-order valence-corrected chi connectivity index (χ3v) is 5.15. The highest BCUT2D eigenvalue weighted by atomic mass is 16.5. The van der Waals surface area contributed by atoms with Crippen LogP contribution in [0.15, 0.2) is 18.2 Å². The first-order chi connectivity index (χ1) is 9.57. The topological polar surface area (TPSA) is 21.3 Å². The number of benzene rings is 1. The van der Waals surface area contributed by atoms with Crippen molar-refractivity contribution in [3.63, 3.8) is 0 Å². The van der Waals surface area contributed by atoms with E-state index in [4.69, 9.17) is 4.74 Å². The normalized spacial score (nSPS) is 24.2. The molecule has 112 valence electrons. The summed E-state index contributed by atoms with van der Waals surface area (Å²) in [5.74, 6) is 1.06. The molecule has 2 rings (SSSR count). The molecule has 0 aliphatic heterocycles. The van der Waals surface area contributed by atoms with Crippen molar-refractivity contribution in [2.75, 3.05) is 6.54 Å². The highest BCUT2D eigenvalue weighted by Crippen LogP contribution is 2.49. The highest BCUT2D eigenvalue weighted by molar-refractivity contribution is 5.36. The van der Waals surface area contributed by atoms with Gasteiger partial charge in [0.2, 0.25) is 0 Å². The van der Waals surface area contributed by atoms with Crippen LogP contribution < -0.4 is 10.1 Å². The van der Waals surface area contributed by atoms with Crippen LogP contribution in [0.1, 0.15) is 51.2 Å². The molecule has 1 N–H and O–H groups in total. The van der Waals surface area contributed by atoms with Gasteiger partial charge in [-0.05, 0) is 44.9 Å². The Balaban J connectivity index is 2.13. The molecule has 1 fully saturated rings. The lowest BCUT2D eigenvalue weighted by molar-refractivity contribution is -0.0856. The van der Waals surface area contributed by atoms with Crippen LogP contribution in [0.2, 0.25) is 0 Å². The molecule has 0 saturated heterocycles. The van der Waals surface area contributed by atoms with Crippen molar-refractivity contribution in [2.24, 2.45) is 5.41 Å². The van der Waals surface area contributed by atoms with E-state index in [1.54, 1.807) is 0 Å². The van der Waals surface area contributed by atoms with Gasteiger partial charge in [0, 0.05) is 17.9 Å². The van der Waals surface area contributed by atoms with E-state index in [1.165, 1.54) is 24.0 Å². The number of ether oxygens (including phenoxy) is 1. The average Bonchev–Trinajstić information content (AvgIpc) is 2.41. The lowest BCUT2D eigenvalue weighted by atomic mass is 9.58. The summed E-state index contributed by atoms with van der Waals surface area (Å²) < 4.78 is 6.37. The lowest BCUT2D eigenvalue weighted by Gasteiger charge is -2.55. The molecule has 1 aromatic rings. The van der Waals surface area contributed by atoms with E-state index < -0.39 is 0 Å². The number of hydrogen-bond acceptors (Lipinski definition) is 2. The second-order valence-corrected chi connectivity index (χ2v) is 6.16. The Morgan fingerprint density at radius 1 is 1.20 bits per heavy atom. The third kappa shape index (κ3) is 2.58. The van der Waals surface area contributed by atoms with Crippen LogP contribution in [0, 0.1) is 19.3 Å². The number of aryl methyl sites for hydroxylation is 2. The predicted molar refractivity (Wildman–Crippen MR) is 85.4 cm³/mol. The van der Waals surface area contributed by atoms with Gasteiger partial charge in [0.1, 0.15) is 11.9 Å². The van der Waals surface area contributed by atoms with Gasteiger partial charge in [0.25, 0.3) is 0 Å². The minimum Gasteiger partial charge on any atom is -0.489 e. The molecule has 0 amide bonds. The van der Waals surface area contributed by atoms with Gasteiger partial charge < -0.3 is 10.1 Å². The molecule has 0 radical (unpaired) electrons. The summed E-state index contributed by atoms with van der Waals surface area (Å²) in [6.07, 6.45) is 3.83. The number of hydrogen-bond donors (Lipinski definition) is 1. The highest BCUT2D eigenvalue weighted by Gasteiger charge is 2.53. The van der Waals surface area contributed by atoms with E-state index >= 15 is 0 Å². The summed E-state index contributed by atoms with van der Waals surface area (Å²) in [5, 5.41) is 3.63. The van der Waals surface area contributed by atoms with Crippen molar-refractivity contribution in [1.29, 1.82) is 0 Å². The number of rotatable bonds is 6. The minimum absolute atomic E-state index is 0.299. The van der Waals surface area contributed by atoms with Crippen molar-refractivity contribution < 1.29 is 4.74 Å². The fraction of sp³-hybridized carbons (Fsp3) is 0.667. The Labute approximate surface area is 123 Å². The molecule has 0 heterocycles. The first kappa shape index (κ1) is 15.4. The maximum absolute atomic E-state index is 6.37. The molecule has 2 atom stereocenters. The smallest absolute Gasteiger partial charge is 0.122 e. The van der Waals surface area contributed by atoms with E-state index in [0.29, 0.717) is 17.6 Å². The Morgan fingerprint density at radius 2 is 1.90 bits per heavy atom. The zero-order chi connectivity index (χ0) is 14.8. The molecule has 1 aromatic carbocycles. The fourth-order valence-corrected chi connectivity index (χ4v) is 3.73. The average molecular weight is 275 g/mol. The maximum atomic E-state index is 6.37. The largest absolute Gasteiger partial charge is 0.489 e. The molecule has 2 unspecified atom stereocenters. The van der Waals surface area contributed by atoms with Gasteiger partial charge in [-0.25, -0.2) is 0 Å². The maximum Gasteiger partial charge on any atom is 0.122 e. The molecule has 0 bridgehead atoms. The second kappa shape index (κ2) is 6.17. The van der Waals surface area contributed by atoms with Crippen LogP contribution >= 0.6 is 0 Å². The van der Waals surface area contributed by atoms with Crippen molar-refractivity contribution in [2.45, 2.75) is 66.0 Å². The molecule has 20 heavy (non-hydrogen) atoms. The van der Waals surface area contributed by atoms with Crippen LogP contribution in [-0.2, 0) is 0 Å². The fourth-order valence-electron chi connectivity index (χ4n) is 3.73. The van der Waals surface area contributed by atoms with Crippen molar-refractivity contribution in [3.8, 4) is 5.75 Å². The quantitative estimate of drug-likeness (QED) is 0.838. The van der Waals surface area contributed by atoms with E-state index in [-0.39, 0.29) is 0 Å². The number of nitrogens with one attached hydrogen (secondary N) is 1. The van der Waals surface area contributed by atoms with Crippen LogP contribution in [0.3, 0.4) is 0 Å². The molecule has 2 nitrogen and oxygen atoms in total. The van der Waals surface area contributed by atoms with E-state index in [2.05, 4.69) is 58.1 Å². The van der Waals surface area contributed by atoms with Gasteiger partial charge in [0.15, 0.2) is 0 Å². The SMILES string of the molecule is CCNC1CC(Oc2ccc(C)cc2C)C1(CC)CC. The van der Waals surface area contributed by atoms with Gasteiger partial charge >= 0.3 is 0 Å². The summed E-state index contributed by atoms with van der Waals surface area (Å²) in [5.41, 5.74) is 2.84. The zero-order valence-electron chi connectivity index (χ0n) is 13.6. The second-order valence-electron chi connectivity index (χ2n) is 6.16. The predicted octanol–water partition coefficient (Wildman–Crippen LogP) is 4.24. The van der Waals surface area contributed by atoms with Crippen LogP contribution in [0.5, 0.6) is 5.75 Å². The molecular weight excluding hydrogens is 246 g/mol. The summed E-state index contributed by atoms with van der Waals surface area (Å²) in [6.45, 7) is 12.1. The Kier molecular flexibility index (Phi) is 4.74. The molecule has 1 saturated carbocycles. The van der Waals surface area contributed by atoms with Crippen molar-refractivity contribution >= 4 is 0 Å². The monoisotopic (exact) mass is 275 g/mol. The van der Waals surface area contributed by atoms with Gasteiger partial charge in [-0.1, -0.05) is 38.5 Å². The summed E-state index contributed by atoms with van der Waals surface area (Å²) >= 11 is 0. The van der Waals surface area contributed by atoms with Gasteiger partial charge in [-0.15, -0.1) is 0 Å². The van der Waals surface area contributed by atoms with Crippen LogP contribution in [-0.4, -0.2) is 18.7 Å². The standard InChI is InChI=1S/C18H29NO/c1-6-18(7-2)16(19-8-3)12-17(18)20-15-10-9-13(4)11-14(15)5/h9-11,16-17,19H,6-8,12H2,1-5H3. The molecular formula is C18H29NO.